The smallest absolute Gasteiger partial charge is 0.303 e. The summed E-state index contributed by atoms with van der Waals surface area (Å²) < 4.78 is 16.6. The zero-order valence-corrected chi connectivity index (χ0v) is 18.3. The predicted molar refractivity (Wildman–Crippen MR) is 107 cm³/mol. The summed E-state index contributed by atoms with van der Waals surface area (Å²) >= 11 is 1.40. The summed E-state index contributed by atoms with van der Waals surface area (Å²) in [6.45, 7) is 12.7. The number of ether oxygens (including phenoxy) is 3. The van der Waals surface area contributed by atoms with E-state index in [1.807, 2.05) is 13.0 Å². The second kappa shape index (κ2) is 8.84. The van der Waals surface area contributed by atoms with Crippen molar-refractivity contribution >= 4 is 23.7 Å². The number of benzene rings is 1. The van der Waals surface area contributed by atoms with Gasteiger partial charge in [0.1, 0.15) is 11.5 Å². The van der Waals surface area contributed by atoms with Crippen LogP contribution in [0.4, 0.5) is 0 Å². The maximum absolute atomic E-state index is 11.6. The van der Waals surface area contributed by atoms with E-state index in [0.29, 0.717) is 0 Å². The Balaban J connectivity index is 2.32. The molecule has 0 bridgehead atoms. The van der Waals surface area contributed by atoms with Gasteiger partial charge in [-0.15, -0.1) is 0 Å². The first-order chi connectivity index (χ1) is 12.9. The van der Waals surface area contributed by atoms with Crippen LogP contribution >= 0.6 is 11.8 Å². The van der Waals surface area contributed by atoms with Gasteiger partial charge in [0.05, 0.1) is 6.10 Å². The molecule has 28 heavy (non-hydrogen) atoms. The summed E-state index contributed by atoms with van der Waals surface area (Å²) in [6.07, 6.45) is -3.59. The van der Waals surface area contributed by atoms with Crippen molar-refractivity contribution in [1.82, 2.24) is 0 Å². The molecular weight excluding hydrogens is 380 g/mol. The number of hydrogen-bond acceptors (Lipinski definition) is 7. The molecule has 0 spiro atoms. The fourth-order valence-electron chi connectivity index (χ4n) is 3.08. The molecule has 0 radical (unpaired) electrons. The number of esters is 2. The van der Waals surface area contributed by atoms with E-state index in [-0.39, 0.29) is 5.41 Å². The topological polar surface area (TPSA) is 82.1 Å². The lowest BCUT2D eigenvalue weighted by Crippen LogP contribution is -2.58. The molecule has 1 N–H and O–H groups in total. The Morgan fingerprint density at radius 2 is 1.68 bits per heavy atom. The highest BCUT2D eigenvalue weighted by Crippen LogP contribution is 2.38. The lowest BCUT2D eigenvalue weighted by Gasteiger charge is -2.42. The van der Waals surface area contributed by atoms with Gasteiger partial charge in [0.15, 0.2) is 12.2 Å². The van der Waals surface area contributed by atoms with Gasteiger partial charge in [-0.2, -0.15) is 0 Å². The van der Waals surface area contributed by atoms with Crippen LogP contribution in [0.25, 0.3) is 0 Å². The number of carbonyl (C=O) groups excluding carboxylic acids is 2. The minimum atomic E-state index is -1.18. The molecule has 5 atom stereocenters. The van der Waals surface area contributed by atoms with E-state index in [4.69, 9.17) is 14.2 Å². The molecule has 6 nitrogen and oxygen atoms in total. The minimum absolute atomic E-state index is 0.0149. The predicted octanol–water partition coefficient (Wildman–Crippen LogP) is 3.35. The van der Waals surface area contributed by atoms with E-state index < -0.39 is 41.8 Å². The number of rotatable bonds is 4. The number of aliphatic hydroxyl groups is 1. The first-order valence-electron chi connectivity index (χ1n) is 9.36. The van der Waals surface area contributed by atoms with E-state index in [0.717, 1.165) is 10.5 Å². The van der Waals surface area contributed by atoms with Crippen molar-refractivity contribution in [2.75, 3.05) is 0 Å². The maximum Gasteiger partial charge on any atom is 0.303 e. The Morgan fingerprint density at radius 1 is 1.11 bits per heavy atom. The lowest BCUT2D eigenvalue weighted by molar-refractivity contribution is -0.219. The van der Waals surface area contributed by atoms with Gasteiger partial charge >= 0.3 is 11.9 Å². The van der Waals surface area contributed by atoms with E-state index in [2.05, 4.69) is 32.9 Å². The summed E-state index contributed by atoms with van der Waals surface area (Å²) in [6, 6.07) is 6.25. The van der Waals surface area contributed by atoms with Crippen LogP contribution in [0.5, 0.6) is 0 Å². The minimum Gasteiger partial charge on any atom is -0.457 e. The average molecular weight is 411 g/mol. The largest absolute Gasteiger partial charge is 0.457 e. The molecule has 0 saturated carbocycles. The Labute approximate surface area is 170 Å². The Morgan fingerprint density at radius 3 is 2.21 bits per heavy atom. The van der Waals surface area contributed by atoms with Crippen molar-refractivity contribution in [1.29, 1.82) is 0 Å². The van der Waals surface area contributed by atoms with Gasteiger partial charge in [-0.3, -0.25) is 9.59 Å². The fourth-order valence-corrected chi connectivity index (χ4v) is 4.36. The molecule has 1 heterocycles. The van der Waals surface area contributed by atoms with Crippen LogP contribution < -0.4 is 0 Å². The van der Waals surface area contributed by atoms with Gasteiger partial charge < -0.3 is 19.3 Å². The van der Waals surface area contributed by atoms with Crippen LogP contribution in [-0.2, 0) is 29.2 Å². The molecule has 0 aliphatic carbocycles. The molecule has 0 unspecified atom stereocenters. The molecule has 1 aromatic carbocycles. The Kier molecular flexibility index (Phi) is 7.17. The molecular formula is C21H30O6S. The lowest BCUT2D eigenvalue weighted by atomic mass is 9.87. The summed E-state index contributed by atoms with van der Waals surface area (Å²) in [5.41, 5.74) is 1.59. The van der Waals surface area contributed by atoms with Crippen LogP contribution in [0.15, 0.2) is 23.1 Å². The van der Waals surface area contributed by atoms with E-state index >= 15 is 0 Å². The number of hydrogen-bond donors (Lipinski definition) is 1. The molecule has 0 amide bonds. The van der Waals surface area contributed by atoms with E-state index in [1.165, 1.54) is 31.2 Å². The van der Waals surface area contributed by atoms with Crippen molar-refractivity contribution in [3.05, 3.63) is 29.3 Å². The van der Waals surface area contributed by atoms with E-state index in [1.54, 1.807) is 6.92 Å². The van der Waals surface area contributed by atoms with Crippen LogP contribution in [0.1, 0.15) is 52.7 Å². The summed E-state index contributed by atoms with van der Waals surface area (Å²) in [5, 5.41) is 10.8. The number of carbonyl (C=O) groups is 2. The monoisotopic (exact) mass is 410 g/mol. The van der Waals surface area contributed by atoms with Crippen LogP contribution in [-0.4, -0.2) is 46.9 Å². The van der Waals surface area contributed by atoms with Gasteiger partial charge in [0.25, 0.3) is 0 Å². The number of aliphatic hydroxyl groups excluding tert-OH is 1. The normalized spacial score (nSPS) is 27.9. The van der Waals surface area contributed by atoms with Gasteiger partial charge in [-0.25, -0.2) is 0 Å². The average Bonchev–Trinajstić information content (AvgIpc) is 2.55. The molecule has 156 valence electrons. The van der Waals surface area contributed by atoms with Crippen LogP contribution in [0, 0.1) is 6.92 Å². The molecule has 7 heteroatoms. The molecule has 1 aliphatic rings. The Bertz CT molecular complexity index is 726. The molecule has 2 rings (SSSR count). The molecule has 1 aromatic rings. The van der Waals surface area contributed by atoms with E-state index in [9.17, 15) is 14.7 Å². The van der Waals surface area contributed by atoms with Gasteiger partial charge in [0, 0.05) is 18.7 Å². The molecule has 1 fully saturated rings. The van der Waals surface area contributed by atoms with Crippen molar-refractivity contribution in [2.24, 2.45) is 0 Å². The molecule has 1 saturated heterocycles. The second-order valence-corrected chi connectivity index (χ2v) is 9.34. The zero-order valence-electron chi connectivity index (χ0n) is 17.5. The zero-order chi connectivity index (χ0) is 21.2. The van der Waals surface area contributed by atoms with Crippen molar-refractivity contribution in [3.8, 4) is 0 Å². The van der Waals surface area contributed by atoms with Gasteiger partial charge in [-0.05, 0) is 36.5 Å². The highest BCUT2D eigenvalue weighted by atomic mass is 32.2. The highest BCUT2D eigenvalue weighted by molar-refractivity contribution is 7.99. The third kappa shape index (κ3) is 5.49. The highest BCUT2D eigenvalue weighted by Gasteiger charge is 2.47. The molecule has 0 aromatic heterocycles. The van der Waals surface area contributed by atoms with Crippen molar-refractivity contribution in [3.63, 3.8) is 0 Å². The third-order valence-corrected chi connectivity index (χ3v) is 5.96. The van der Waals surface area contributed by atoms with Gasteiger partial charge in [-0.1, -0.05) is 44.7 Å². The summed E-state index contributed by atoms with van der Waals surface area (Å²) in [7, 11) is 0. The first kappa shape index (κ1) is 22.7. The van der Waals surface area contributed by atoms with Crippen LogP contribution in [0.3, 0.4) is 0 Å². The number of aryl methyl sites for hydroxylation is 1. The molecule has 1 aliphatic heterocycles. The number of thioether (sulfide) groups is 1. The third-order valence-electron chi connectivity index (χ3n) is 4.65. The summed E-state index contributed by atoms with van der Waals surface area (Å²) in [4.78, 5) is 24.0. The maximum atomic E-state index is 11.6. The quantitative estimate of drug-likeness (QED) is 0.762. The van der Waals surface area contributed by atoms with Crippen LogP contribution in [0.2, 0.25) is 0 Å². The van der Waals surface area contributed by atoms with Gasteiger partial charge in [0.2, 0.25) is 0 Å². The SMILES string of the molecule is CC(=O)O[C@@H]1[C@@H](O)[C@@H](OC(C)=O)[C@H](Sc2cc(C(C)(C)C)ccc2C)O[C@H]1C. The second-order valence-electron chi connectivity index (χ2n) is 8.20. The van der Waals surface area contributed by atoms with Crippen molar-refractivity contribution < 1.29 is 28.9 Å². The fraction of sp³-hybridized carbons (Fsp3) is 0.619. The Hall–Kier alpha value is -1.57. The summed E-state index contributed by atoms with van der Waals surface area (Å²) in [5.74, 6) is -1.06. The standard InChI is InChI=1S/C21H30O6S/c1-11-8-9-15(21(5,6)7)10-16(11)28-20-19(27-14(4)23)17(24)18(12(2)25-20)26-13(3)22/h8-10,12,17-20,24H,1-7H3/t12-,17+,18-,19+,20-/m0/s1. The van der Waals surface area contributed by atoms with Crippen molar-refractivity contribution in [2.45, 2.75) is 88.6 Å². The first-order valence-corrected chi connectivity index (χ1v) is 10.2.